The van der Waals surface area contributed by atoms with Gasteiger partial charge in [0.1, 0.15) is 17.5 Å². The van der Waals surface area contributed by atoms with Gasteiger partial charge in [-0.1, -0.05) is 12.1 Å². The van der Waals surface area contributed by atoms with Crippen LogP contribution in [0.1, 0.15) is 0 Å². The summed E-state index contributed by atoms with van der Waals surface area (Å²) in [6.45, 7) is 0. The maximum absolute atomic E-state index is 14.2. The van der Waals surface area contributed by atoms with Crippen LogP contribution in [0.4, 0.5) is 13.2 Å². The Kier molecular flexibility index (Phi) is 3.69. The zero-order chi connectivity index (χ0) is 17.4. The average molecular weight is 336 g/mol. The zero-order valence-corrected chi connectivity index (χ0v) is 12.9. The molecule has 5 heteroatoms. The van der Waals surface area contributed by atoms with Gasteiger partial charge in [0, 0.05) is 35.0 Å². The molecule has 4 aromatic rings. The lowest BCUT2D eigenvalue weighted by molar-refractivity contribution is 0.585. The van der Waals surface area contributed by atoms with Gasteiger partial charge in [0.05, 0.1) is 11.2 Å². The standard InChI is InChI=1S/C20H11F3N2/c21-12-5-6-14(18(23)11-12)13-7-9-24-19-15(13)8-10-25-20(19)16-3-1-2-4-17(16)22/h1-11H. The highest BCUT2D eigenvalue weighted by molar-refractivity contribution is 6.00. The second kappa shape index (κ2) is 6.02. The first-order chi connectivity index (χ1) is 12.1. The molecule has 0 unspecified atom stereocenters. The number of halogens is 3. The summed E-state index contributed by atoms with van der Waals surface area (Å²) in [6.07, 6.45) is 3.03. The van der Waals surface area contributed by atoms with Crippen molar-refractivity contribution in [2.75, 3.05) is 0 Å². The normalized spacial score (nSPS) is 11.0. The SMILES string of the molecule is Fc1ccc(-c2ccnc3c(-c4ccccc4F)nccc23)c(F)c1. The fourth-order valence-corrected chi connectivity index (χ4v) is 2.87. The summed E-state index contributed by atoms with van der Waals surface area (Å²) in [4.78, 5) is 8.56. The molecule has 25 heavy (non-hydrogen) atoms. The molecule has 0 atom stereocenters. The zero-order valence-electron chi connectivity index (χ0n) is 12.9. The molecule has 0 aliphatic heterocycles. The molecule has 0 spiro atoms. The molecule has 122 valence electrons. The van der Waals surface area contributed by atoms with E-state index in [1.807, 2.05) is 0 Å². The van der Waals surface area contributed by atoms with Gasteiger partial charge in [-0.3, -0.25) is 9.97 Å². The molecule has 2 heterocycles. The van der Waals surface area contributed by atoms with Crippen molar-refractivity contribution in [3.63, 3.8) is 0 Å². The van der Waals surface area contributed by atoms with Crippen molar-refractivity contribution in [3.05, 3.63) is 84.4 Å². The van der Waals surface area contributed by atoms with E-state index in [2.05, 4.69) is 9.97 Å². The van der Waals surface area contributed by atoms with E-state index in [1.165, 1.54) is 30.6 Å². The Morgan fingerprint density at radius 3 is 2.24 bits per heavy atom. The molecule has 2 aromatic carbocycles. The molecule has 0 amide bonds. The summed E-state index contributed by atoms with van der Waals surface area (Å²) < 4.78 is 41.6. The first-order valence-corrected chi connectivity index (χ1v) is 7.59. The summed E-state index contributed by atoms with van der Waals surface area (Å²) in [5.74, 6) is -1.73. The Balaban J connectivity index is 2.01. The van der Waals surface area contributed by atoms with E-state index in [0.29, 0.717) is 27.7 Å². The fraction of sp³-hybridized carbons (Fsp3) is 0. The number of nitrogens with zero attached hydrogens (tertiary/aromatic N) is 2. The van der Waals surface area contributed by atoms with Crippen LogP contribution in [0.15, 0.2) is 67.0 Å². The van der Waals surface area contributed by atoms with Crippen molar-refractivity contribution >= 4 is 10.9 Å². The van der Waals surface area contributed by atoms with Crippen LogP contribution in [0, 0.1) is 17.5 Å². The van der Waals surface area contributed by atoms with Crippen LogP contribution >= 0.6 is 0 Å². The molecule has 0 radical (unpaired) electrons. The molecule has 0 fully saturated rings. The topological polar surface area (TPSA) is 25.8 Å². The summed E-state index contributed by atoms with van der Waals surface area (Å²) in [5.41, 5.74) is 1.94. The number of fused-ring (bicyclic) bond motifs is 1. The van der Waals surface area contributed by atoms with Gasteiger partial charge in [0.25, 0.3) is 0 Å². The molecule has 2 aromatic heterocycles. The maximum atomic E-state index is 14.2. The Bertz CT molecular complexity index is 1090. The van der Waals surface area contributed by atoms with E-state index in [-0.39, 0.29) is 5.56 Å². The van der Waals surface area contributed by atoms with E-state index in [9.17, 15) is 13.2 Å². The molecular formula is C20H11F3N2. The lowest BCUT2D eigenvalue weighted by Gasteiger charge is -2.10. The van der Waals surface area contributed by atoms with Crippen molar-refractivity contribution < 1.29 is 13.2 Å². The molecule has 4 rings (SSSR count). The van der Waals surface area contributed by atoms with Crippen molar-refractivity contribution in [2.24, 2.45) is 0 Å². The number of rotatable bonds is 2. The van der Waals surface area contributed by atoms with Gasteiger partial charge in [-0.2, -0.15) is 0 Å². The van der Waals surface area contributed by atoms with Gasteiger partial charge in [-0.05, 0) is 42.0 Å². The molecule has 0 saturated heterocycles. The highest BCUT2D eigenvalue weighted by Gasteiger charge is 2.15. The summed E-state index contributed by atoms with van der Waals surface area (Å²) in [5, 5.41) is 0.612. The fourth-order valence-electron chi connectivity index (χ4n) is 2.87. The predicted octanol–water partition coefficient (Wildman–Crippen LogP) is 5.38. The lowest BCUT2D eigenvalue weighted by Crippen LogP contribution is -1.94. The van der Waals surface area contributed by atoms with Gasteiger partial charge in [-0.15, -0.1) is 0 Å². The third-order valence-electron chi connectivity index (χ3n) is 4.01. The van der Waals surface area contributed by atoms with Crippen molar-refractivity contribution in [1.29, 1.82) is 0 Å². The average Bonchev–Trinajstić information content (AvgIpc) is 2.62. The molecule has 0 bridgehead atoms. The summed E-state index contributed by atoms with van der Waals surface area (Å²) >= 11 is 0. The van der Waals surface area contributed by atoms with E-state index in [1.54, 1.807) is 30.3 Å². The maximum Gasteiger partial charge on any atom is 0.133 e. The monoisotopic (exact) mass is 336 g/mol. The number of hydrogen-bond donors (Lipinski definition) is 0. The van der Waals surface area contributed by atoms with Crippen LogP contribution in [0.2, 0.25) is 0 Å². The molecular weight excluding hydrogens is 325 g/mol. The van der Waals surface area contributed by atoms with Gasteiger partial charge in [-0.25, -0.2) is 13.2 Å². The van der Waals surface area contributed by atoms with Gasteiger partial charge in [0.15, 0.2) is 0 Å². The summed E-state index contributed by atoms with van der Waals surface area (Å²) in [7, 11) is 0. The molecule has 0 saturated carbocycles. The molecule has 2 nitrogen and oxygen atoms in total. The molecule has 0 aliphatic carbocycles. The van der Waals surface area contributed by atoms with Crippen LogP contribution in [-0.4, -0.2) is 9.97 Å². The van der Waals surface area contributed by atoms with E-state index in [4.69, 9.17) is 0 Å². The number of aromatic nitrogens is 2. The van der Waals surface area contributed by atoms with Gasteiger partial charge < -0.3 is 0 Å². The Hall–Kier alpha value is -3.21. The quantitative estimate of drug-likeness (QED) is 0.491. The minimum Gasteiger partial charge on any atom is -0.254 e. The highest BCUT2D eigenvalue weighted by atomic mass is 19.1. The Morgan fingerprint density at radius 2 is 1.44 bits per heavy atom. The minimum absolute atomic E-state index is 0.250. The first kappa shape index (κ1) is 15.3. The lowest BCUT2D eigenvalue weighted by atomic mass is 9.99. The largest absolute Gasteiger partial charge is 0.254 e. The van der Waals surface area contributed by atoms with Gasteiger partial charge in [0.2, 0.25) is 0 Å². The third-order valence-corrected chi connectivity index (χ3v) is 4.01. The van der Waals surface area contributed by atoms with Crippen LogP contribution in [0.25, 0.3) is 33.3 Å². The van der Waals surface area contributed by atoms with Gasteiger partial charge >= 0.3 is 0 Å². The highest BCUT2D eigenvalue weighted by Crippen LogP contribution is 2.34. The smallest absolute Gasteiger partial charge is 0.133 e. The second-order valence-electron chi connectivity index (χ2n) is 5.52. The second-order valence-corrected chi connectivity index (χ2v) is 5.52. The number of hydrogen-bond acceptors (Lipinski definition) is 2. The van der Waals surface area contributed by atoms with Crippen molar-refractivity contribution in [2.45, 2.75) is 0 Å². The number of pyridine rings is 2. The Labute approximate surface area is 141 Å². The molecule has 0 aliphatic rings. The van der Waals surface area contributed by atoms with Crippen LogP contribution in [0.5, 0.6) is 0 Å². The summed E-state index contributed by atoms with van der Waals surface area (Å²) in [6, 6.07) is 13.0. The van der Waals surface area contributed by atoms with Crippen LogP contribution in [0.3, 0.4) is 0 Å². The van der Waals surface area contributed by atoms with Crippen LogP contribution < -0.4 is 0 Å². The first-order valence-electron chi connectivity index (χ1n) is 7.59. The van der Waals surface area contributed by atoms with Crippen molar-refractivity contribution in [1.82, 2.24) is 9.97 Å². The van der Waals surface area contributed by atoms with E-state index in [0.717, 1.165) is 6.07 Å². The van der Waals surface area contributed by atoms with Crippen LogP contribution in [-0.2, 0) is 0 Å². The molecule has 0 N–H and O–H groups in total. The minimum atomic E-state index is -0.670. The van der Waals surface area contributed by atoms with Crippen molar-refractivity contribution in [3.8, 4) is 22.4 Å². The Morgan fingerprint density at radius 1 is 0.640 bits per heavy atom. The third kappa shape index (κ3) is 2.63. The van der Waals surface area contributed by atoms with E-state index < -0.39 is 17.5 Å². The predicted molar refractivity (Wildman–Crippen MR) is 90.3 cm³/mol. The van der Waals surface area contributed by atoms with E-state index >= 15 is 0 Å². The number of benzene rings is 2.